The van der Waals surface area contributed by atoms with Gasteiger partial charge in [0, 0.05) is 0 Å². The third-order valence-electron chi connectivity index (χ3n) is 1.23. The molecule has 0 aliphatic carbocycles. The van der Waals surface area contributed by atoms with E-state index in [2.05, 4.69) is 18.2 Å². The topological polar surface area (TPSA) is 26.3 Å². The van der Waals surface area contributed by atoms with Crippen LogP contribution < -0.4 is 0 Å². The Labute approximate surface area is 61.9 Å². The largest absolute Gasteiger partial charge is 0.469 e. The van der Waals surface area contributed by atoms with Crippen LogP contribution in [0, 0.1) is 0 Å². The molecule has 0 heterocycles. The fourth-order valence-corrected chi connectivity index (χ4v) is 0.718. The highest BCUT2D eigenvalue weighted by Gasteiger charge is 2.01. The lowest BCUT2D eigenvalue weighted by Gasteiger charge is -2.00. The van der Waals surface area contributed by atoms with Gasteiger partial charge in [-0.3, -0.25) is 4.79 Å². The number of hydrogen-bond acceptors (Lipinski definition) is 2. The van der Waals surface area contributed by atoms with E-state index < -0.39 is 0 Å². The molecule has 0 aliphatic rings. The van der Waals surface area contributed by atoms with Crippen LogP contribution in [0.3, 0.4) is 0 Å². The van der Waals surface area contributed by atoms with Crippen molar-refractivity contribution in [3.8, 4) is 0 Å². The second-order valence-electron chi connectivity index (χ2n) is 2.25. The van der Waals surface area contributed by atoms with Crippen molar-refractivity contribution in [2.75, 3.05) is 7.11 Å². The maximum Gasteiger partial charge on any atom is 0.309 e. The van der Waals surface area contributed by atoms with Gasteiger partial charge in [-0.1, -0.05) is 25.5 Å². The molecule has 0 bridgehead atoms. The van der Waals surface area contributed by atoms with Gasteiger partial charge in [0.25, 0.3) is 0 Å². The van der Waals surface area contributed by atoms with Gasteiger partial charge in [-0.15, -0.1) is 0 Å². The molecule has 0 atom stereocenters. The Morgan fingerprint density at radius 2 is 2.20 bits per heavy atom. The first kappa shape index (κ1) is 9.21. The molecule has 2 heteroatoms. The van der Waals surface area contributed by atoms with Gasteiger partial charge in [0.2, 0.25) is 0 Å². The first-order chi connectivity index (χ1) is 4.70. The lowest BCUT2D eigenvalue weighted by atomic mass is 10.1. The molecule has 0 spiro atoms. The van der Waals surface area contributed by atoms with Crippen molar-refractivity contribution in [2.24, 2.45) is 0 Å². The van der Waals surface area contributed by atoms with Crippen molar-refractivity contribution in [2.45, 2.75) is 26.2 Å². The minimum absolute atomic E-state index is 0.196. The number of carbonyl (C=O) groups is 1. The molecule has 2 nitrogen and oxygen atoms in total. The number of carbonyl (C=O) groups excluding carboxylic acids is 1. The van der Waals surface area contributed by atoms with Crippen molar-refractivity contribution in [3.63, 3.8) is 0 Å². The lowest BCUT2D eigenvalue weighted by molar-refractivity contribution is -0.139. The van der Waals surface area contributed by atoms with Gasteiger partial charge in [0.05, 0.1) is 13.5 Å². The first-order valence-electron chi connectivity index (χ1n) is 3.44. The number of rotatable bonds is 4. The minimum atomic E-state index is -0.196. The predicted octanol–water partition coefficient (Wildman–Crippen LogP) is 1.91. The molecule has 0 rings (SSSR count). The van der Waals surface area contributed by atoms with Crippen molar-refractivity contribution in [1.29, 1.82) is 0 Å². The van der Waals surface area contributed by atoms with Gasteiger partial charge in [-0.25, -0.2) is 0 Å². The summed E-state index contributed by atoms with van der Waals surface area (Å²) >= 11 is 0. The van der Waals surface area contributed by atoms with Crippen LogP contribution in [0.2, 0.25) is 0 Å². The summed E-state index contributed by atoms with van der Waals surface area (Å²) in [5.74, 6) is -0.196. The van der Waals surface area contributed by atoms with E-state index in [0.717, 1.165) is 18.4 Å². The average molecular weight is 142 g/mol. The zero-order valence-corrected chi connectivity index (χ0v) is 6.64. The van der Waals surface area contributed by atoms with Crippen LogP contribution in [0.4, 0.5) is 0 Å². The second-order valence-corrected chi connectivity index (χ2v) is 2.25. The molecule has 0 amide bonds. The van der Waals surface area contributed by atoms with E-state index in [9.17, 15) is 4.79 Å². The molecule has 58 valence electrons. The van der Waals surface area contributed by atoms with Crippen LogP contribution in [-0.4, -0.2) is 13.1 Å². The van der Waals surface area contributed by atoms with Crippen LogP contribution in [0.5, 0.6) is 0 Å². The third-order valence-corrected chi connectivity index (χ3v) is 1.23. The van der Waals surface area contributed by atoms with Gasteiger partial charge in [-0.05, 0) is 6.42 Å². The molecule has 0 unspecified atom stereocenters. The first-order valence-corrected chi connectivity index (χ1v) is 3.44. The van der Waals surface area contributed by atoms with E-state index >= 15 is 0 Å². The minimum Gasteiger partial charge on any atom is -0.469 e. The third kappa shape index (κ3) is 4.13. The van der Waals surface area contributed by atoms with E-state index in [1.807, 2.05) is 0 Å². The summed E-state index contributed by atoms with van der Waals surface area (Å²) in [5, 5.41) is 0. The van der Waals surface area contributed by atoms with E-state index in [4.69, 9.17) is 0 Å². The fraction of sp³-hybridized carbons (Fsp3) is 0.625. The normalized spacial score (nSPS) is 9.00. The molecular formula is C8H14O2. The van der Waals surface area contributed by atoms with Crippen molar-refractivity contribution in [1.82, 2.24) is 0 Å². The van der Waals surface area contributed by atoms with Crippen molar-refractivity contribution in [3.05, 3.63) is 12.2 Å². The molecule has 0 fully saturated rings. The van der Waals surface area contributed by atoms with Crippen LogP contribution in [0.25, 0.3) is 0 Å². The molecular weight excluding hydrogens is 128 g/mol. The average Bonchev–Trinajstić information content (AvgIpc) is 1.88. The predicted molar refractivity (Wildman–Crippen MR) is 40.7 cm³/mol. The van der Waals surface area contributed by atoms with Crippen LogP contribution in [-0.2, 0) is 9.53 Å². The quantitative estimate of drug-likeness (QED) is 0.442. The summed E-state index contributed by atoms with van der Waals surface area (Å²) in [6.07, 6.45) is 2.31. The number of hydrogen-bond donors (Lipinski definition) is 0. The zero-order valence-electron chi connectivity index (χ0n) is 6.64. The molecule has 0 aromatic rings. The summed E-state index contributed by atoms with van der Waals surface area (Å²) in [4.78, 5) is 10.6. The summed E-state index contributed by atoms with van der Waals surface area (Å²) in [6, 6.07) is 0. The standard InChI is InChI=1S/C8H14O2/c1-4-5-7(2)6-8(9)10-3/h2,4-6H2,1,3H3. The second kappa shape index (κ2) is 5.03. The molecule has 0 N–H and O–H groups in total. The molecule has 0 aliphatic heterocycles. The summed E-state index contributed by atoms with van der Waals surface area (Å²) in [7, 11) is 1.39. The highest BCUT2D eigenvalue weighted by molar-refractivity contribution is 5.71. The van der Waals surface area contributed by atoms with E-state index in [1.165, 1.54) is 7.11 Å². The van der Waals surface area contributed by atoms with Crippen molar-refractivity contribution >= 4 is 5.97 Å². The fourth-order valence-electron chi connectivity index (χ4n) is 0.718. The highest BCUT2D eigenvalue weighted by Crippen LogP contribution is 2.06. The monoisotopic (exact) mass is 142 g/mol. The summed E-state index contributed by atoms with van der Waals surface area (Å²) in [5.41, 5.74) is 0.953. The van der Waals surface area contributed by atoms with Gasteiger partial charge in [-0.2, -0.15) is 0 Å². The van der Waals surface area contributed by atoms with Crippen LogP contribution in [0.15, 0.2) is 12.2 Å². The summed E-state index contributed by atoms with van der Waals surface area (Å²) < 4.78 is 4.47. The molecule has 10 heavy (non-hydrogen) atoms. The highest BCUT2D eigenvalue weighted by atomic mass is 16.5. The van der Waals surface area contributed by atoms with Crippen molar-refractivity contribution < 1.29 is 9.53 Å². The smallest absolute Gasteiger partial charge is 0.309 e. The Balaban J connectivity index is 3.47. The Hall–Kier alpha value is -0.790. The van der Waals surface area contributed by atoms with Gasteiger partial charge in [0.1, 0.15) is 0 Å². The van der Waals surface area contributed by atoms with E-state index in [1.54, 1.807) is 0 Å². The molecule has 0 saturated heterocycles. The molecule has 0 aromatic heterocycles. The van der Waals surface area contributed by atoms with Gasteiger partial charge >= 0.3 is 5.97 Å². The number of ether oxygens (including phenoxy) is 1. The van der Waals surface area contributed by atoms with E-state index in [-0.39, 0.29) is 5.97 Å². The Morgan fingerprint density at radius 3 is 2.60 bits per heavy atom. The number of methoxy groups -OCH3 is 1. The zero-order chi connectivity index (χ0) is 7.98. The molecule has 0 saturated carbocycles. The van der Waals surface area contributed by atoms with Crippen LogP contribution >= 0.6 is 0 Å². The van der Waals surface area contributed by atoms with E-state index in [0.29, 0.717) is 6.42 Å². The maximum atomic E-state index is 10.6. The maximum absolute atomic E-state index is 10.6. The lowest BCUT2D eigenvalue weighted by Crippen LogP contribution is -2.00. The number of esters is 1. The molecule has 0 radical (unpaired) electrons. The van der Waals surface area contributed by atoms with Gasteiger partial charge in [0.15, 0.2) is 0 Å². The Kier molecular flexibility index (Phi) is 4.63. The molecule has 0 aromatic carbocycles. The van der Waals surface area contributed by atoms with Gasteiger partial charge < -0.3 is 4.74 Å². The van der Waals surface area contributed by atoms with Crippen LogP contribution in [0.1, 0.15) is 26.2 Å². The SMILES string of the molecule is C=C(CCC)CC(=O)OC. The summed E-state index contributed by atoms with van der Waals surface area (Å²) in [6.45, 7) is 5.79. The Bertz CT molecular complexity index is 127. The Morgan fingerprint density at radius 1 is 1.60 bits per heavy atom.